The van der Waals surface area contributed by atoms with E-state index in [0.717, 1.165) is 15.4 Å². The molecule has 0 bridgehead atoms. The van der Waals surface area contributed by atoms with E-state index in [1.54, 1.807) is 11.3 Å². The zero-order valence-electron chi connectivity index (χ0n) is 10.4. The van der Waals surface area contributed by atoms with Crippen molar-refractivity contribution >= 4 is 37.8 Å². The first-order chi connectivity index (χ1) is 9.04. The maximum absolute atomic E-state index is 11.6. The lowest BCUT2D eigenvalue weighted by Crippen LogP contribution is -2.15. The van der Waals surface area contributed by atoms with Crippen LogP contribution >= 0.6 is 22.7 Å². The minimum absolute atomic E-state index is 0.109. The van der Waals surface area contributed by atoms with Crippen molar-refractivity contribution in [3.8, 4) is 10.6 Å². The molecule has 0 spiro atoms. The average Bonchev–Trinajstić information content (AvgIpc) is 2.96. The van der Waals surface area contributed by atoms with Gasteiger partial charge >= 0.3 is 0 Å². The molecule has 104 valence electrons. The highest BCUT2D eigenvalue weighted by molar-refractivity contribution is 7.92. The molecule has 2 aromatic heterocycles. The highest BCUT2D eigenvalue weighted by Crippen LogP contribution is 2.30. The Bertz CT molecular complexity index is 646. The zero-order chi connectivity index (χ0) is 13.9. The number of thiophene rings is 1. The highest BCUT2D eigenvalue weighted by atomic mass is 32.2. The van der Waals surface area contributed by atoms with Crippen LogP contribution in [0.15, 0.2) is 17.5 Å². The van der Waals surface area contributed by atoms with Crippen molar-refractivity contribution in [2.75, 3.05) is 10.5 Å². The number of aromatic nitrogens is 1. The number of nitrogens with zero attached hydrogens (tertiary/aromatic N) is 1. The summed E-state index contributed by atoms with van der Waals surface area (Å²) in [5.74, 6) is 0.109. The summed E-state index contributed by atoms with van der Waals surface area (Å²) in [6.45, 7) is 2.33. The molecule has 8 heteroatoms. The van der Waals surface area contributed by atoms with Crippen LogP contribution in [0.1, 0.15) is 18.2 Å². The fraction of sp³-hybridized carbons (Fsp3) is 0.364. The van der Waals surface area contributed by atoms with Gasteiger partial charge in [-0.3, -0.25) is 4.72 Å². The van der Waals surface area contributed by atoms with Gasteiger partial charge in [-0.05, 0) is 18.6 Å². The third kappa shape index (κ3) is 3.75. The second kappa shape index (κ2) is 6.00. The summed E-state index contributed by atoms with van der Waals surface area (Å²) in [5.41, 5.74) is 6.35. The zero-order valence-corrected chi connectivity index (χ0v) is 12.9. The van der Waals surface area contributed by atoms with Crippen LogP contribution in [-0.2, 0) is 16.6 Å². The Balaban J connectivity index is 2.15. The molecular formula is C11H15N3O2S3. The Morgan fingerprint density at radius 2 is 2.21 bits per heavy atom. The van der Waals surface area contributed by atoms with Crippen LogP contribution in [0.2, 0.25) is 0 Å². The molecule has 2 aromatic rings. The maximum Gasteiger partial charge on any atom is 0.234 e. The lowest BCUT2D eigenvalue weighted by Gasteiger charge is -2.02. The SMILES string of the molecule is CCCS(=O)(=O)Nc1nc(-c2ccc(CN)s2)cs1. The predicted molar refractivity (Wildman–Crippen MR) is 81.0 cm³/mol. The van der Waals surface area contributed by atoms with Gasteiger partial charge in [0.25, 0.3) is 0 Å². The largest absolute Gasteiger partial charge is 0.326 e. The number of rotatable bonds is 6. The van der Waals surface area contributed by atoms with Gasteiger partial charge in [0.15, 0.2) is 5.13 Å². The van der Waals surface area contributed by atoms with Crippen LogP contribution in [0.5, 0.6) is 0 Å². The predicted octanol–water partition coefficient (Wildman–Crippen LogP) is 2.48. The van der Waals surface area contributed by atoms with Crippen molar-refractivity contribution in [1.82, 2.24) is 4.98 Å². The van der Waals surface area contributed by atoms with Crippen molar-refractivity contribution in [2.45, 2.75) is 19.9 Å². The number of nitrogens with two attached hydrogens (primary N) is 1. The van der Waals surface area contributed by atoms with Crippen LogP contribution in [0.25, 0.3) is 10.6 Å². The van der Waals surface area contributed by atoms with Gasteiger partial charge in [-0.1, -0.05) is 6.92 Å². The summed E-state index contributed by atoms with van der Waals surface area (Å²) in [4.78, 5) is 6.37. The normalized spacial score (nSPS) is 11.7. The van der Waals surface area contributed by atoms with Gasteiger partial charge in [-0.15, -0.1) is 22.7 Å². The molecule has 0 aliphatic carbocycles. The molecule has 0 aromatic carbocycles. The molecule has 0 unspecified atom stereocenters. The van der Waals surface area contributed by atoms with E-state index in [2.05, 4.69) is 9.71 Å². The Morgan fingerprint density at radius 1 is 1.42 bits per heavy atom. The number of thiazole rings is 1. The second-order valence-corrected chi connectivity index (χ2v) is 7.80. The van der Waals surface area contributed by atoms with Crippen LogP contribution in [0.3, 0.4) is 0 Å². The lowest BCUT2D eigenvalue weighted by atomic mass is 10.4. The quantitative estimate of drug-likeness (QED) is 0.857. The van der Waals surface area contributed by atoms with Crippen LogP contribution in [0, 0.1) is 0 Å². The van der Waals surface area contributed by atoms with E-state index >= 15 is 0 Å². The van der Waals surface area contributed by atoms with Crippen molar-refractivity contribution in [2.24, 2.45) is 5.73 Å². The van der Waals surface area contributed by atoms with E-state index in [1.807, 2.05) is 24.4 Å². The monoisotopic (exact) mass is 317 g/mol. The first-order valence-corrected chi connectivity index (χ1v) is 9.14. The van der Waals surface area contributed by atoms with E-state index in [4.69, 9.17) is 5.73 Å². The molecule has 0 radical (unpaired) electrons. The van der Waals surface area contributed by atoms with Gasteiger partial charge < -0.3 is 5.73 Å². The van der Waals surface area contributed by atoms with Crippen molar-refractivity contribution in [3.05, 3.63) is 22.4 Å². The van der Waals surface area contributed by atoms with E-state index in [9.17, 15) is 8.42 Å². The molecule has 0 aliphatic rings. The lowest BCUT2D eigenvalue weighted by molar-refractivity contribution is 0.600. The van der Waals surface area contributed by atoms with Crippen molar-refractivity contribution < 1.29 is 8.42 Å². The van der Waals surface area contributed by atoms with Gasteiger partial charge in [0.1, 0.15) is 0 Å². The van der Waals surface area contributed by atoms with Crippen LogP contribution in [0.4, 0.5) is 5.13 Å². The first kappa shape index (κ1) is 14.4. The molecule has 0 aliphatic heterocycles. The molecule has 0 saturated carbocycles. The fourth-order valence-electron chi connectivity index (χ4n) is 1.51. The molecule has 2 heterocycles. The number of sulfonamides is 1. The molecule has 2 rings (SSSR count). The van der Waals surface area contributed by atoms with E-state index in [-0.39, 0.29) is 5.75 Å². The van der Waals surface area contributed by atoms with Gasteiger partial charge in [0.05, 0.1) is 16.3 Å². The second-order valence-electron chi connectivity index (χ2n) is 3.93. The maximum atomic E-state index is 11.6. The summed E-state index contributed by atoms with van der Waals surface area (Å²) < 4.78 is 25.8. The number of hydrogen-bond acceptors (Lipinski definition) is 6. The van der Waals surface area contributed by atoms with E-state index in [0.29, 0.717) is 18.1 Å². The van der Waals surface area contributed by atoms with Crippen LogP contribution in [-0.4, -0.2) is 19.2 Å². The molecule has 0 atom stereocenters. The molecular weight excluding hydrogens is 302 g/mol. The summed E-state index contributed by atoms with van der Waals surface area (Å²) in [6.07, 6.45) is 0.582. The molecule has 3 N–H and O–H groups in total. The Labute approximate surface area is 120 Å². The minimum Gasteiger partial charge on any atom is -0.326 e. The topological polar surface area (TPSA) is 85.1 Å². The molecule has 0 fully saturated rings. The molecule has 0 saturated heterocycles. The Kier molecular flexibility index (Phi) is 4.56. The van der Waals surface area contributed by atoms with Crippen molar-refractivity contribution in [1.29, 1.82) is 0 Å². The smallest absolute Gasteiger partial charge is 0.234 e. The molecule has 0 amide bonds. The van der Waals surface area contributed by atoms with Crippen LogP contribution < -0.4 is 10.5 Å². The van der Waals surface area contributed by atoms with Gasteiger partial charge in [0.2, 0.25) is 10.0 Å². The Morgan fingerprint density at radius 3 is 2.84 bits per heavy atom. The van der Waals surface area contributed by atoms with Crippen molar-refractivity contribution in [3.63, 3.8) is 0 Å². The summed E-state index contributed by atoms with van der Waals surface area (Å²) in [6, 6.07) is 3.91. The number of anilines is 1. The molecule has 5 nitrogen and oxygen atoms in total. The average molecular weight is 317 g/mol. The number of nitrogens with one attached hydrogen (secondary N) is 1. The van der Waals surface area contributed by atoms with E-state index < -0.39 is 10.0 Å². The third-order valence-electron chi connectivity index (χ3n) is 2.34. The summed E-state index contributed by atoms with van der Waals surface area (Å²) in [5, 5.41) is 2.25. The summed E-state index contributed by atoms with van der Waals surface area (Å²) >= 11 is 2.86. The van der Waals surface area contributed by atoms with E-state index in [1.165, 1.54) is 11.3 Å². The fourth-order valence-corrected chi connectivity index (χ4v) is 4.51. The standard InChI is InChI=1S/C11H15N3O2S3/c1-2-5-19(15,16)14-11-13-9(7-17-11)10-4-3-8(6-12)18-10/h3-4,7H,2,5-6,12H2,1H3,(H,13,14). The third-order valence-corrected chi connectivity index (χ3v) is 5.80. The number of hydrogen-bond donors (Lipinski definition) is 2. The van der Waals surface area contributed by atoms with Gasteiger partial charge in [0, 0.05) is 16.8 Å². The molecule has 19 heavy (non-hydrogen) atoms. The Hall–Kier alpha value is -0.960. The first-order valence-electron chi connectivity index (χ1n) is 5.79. The highest BCUT2D eigenvalue weighted by Gasteiger charge is 2.13. The van der Waals surface area contributed by atoms with Gasteiger partial charge in [-0.25, -0.2) is 13.4 Å². The summed E-state index contributed by atoms with van der Waals surface area (Å²) in [7, 11) is -3.27. The van der Waals surface area contributed by atoms with Gasteiger partial charge in [-0.2, -0.15) is 0 Å². The minimum atomic E-state index is -3.27.